The van der Waals surface area contributed by atoms with E-state index in [1.165, 1.54) is 6.21 Å². The van der Waals surface area contributed by atoms with Gasteiger partial charge in [-0.05, 0) is 42.0 Å². The molecule has 0 fully saturated rings. The first-order valence-electron chi connectivity index (χ1n) is 8.48. The van der Waals surface area contributed by atoms with Gasteiger partial charge in [0.2, 0.25) is 0 Å². The molecule has 3 rings (SSSR count). The second-order valence-electron chi connectivity index (χ2n) is 5.75. The Morgan fingerprint density at radius 3 is 2.52 bits per heavy atom. The van der Waals surface area contributed by atoms with Gasteiger partial charge in [-0.15, -0.1) is 0 Å². The number of hydrogen-bond donors (Lipinski definition) is 1. The maximum absolute atomic E-state index is 12.3. The van der Waals surface area contributed by atoms with Crippen molar-refractivity contribution >= 4 is 46.0 Å². The van der Waals surface area contributed by atoms with Gasteiger partial charge in [-0.3, -0.25) is 4.99 Å². The molecular formula is C22H18ClNO3. The second-order valence-corrected chi connectivity index (χ2v) is 6.16. The molecule has 0 amide bonds. The molecule has 27 heavy (non-hydrogen) atoms. The Hall–Kier alpha value is -3.11. The van der Waals surface area contributed by atoms with Crippen LogP contribution in [0.1, 0.15) is 12.5 Å². The van der Waals surface area contributed by atoms with Gasteiger partial charge in [0, 0.05) is 11.8 Å². The van der Waals surface area contributed by atoms with E-state index < -0.39 is 5.97 Å². The highest BCUT2D eigenvalue weighted by Gasteiger charge is 2.18. The van der Waals surface area contributed by atoms with Gasteiger partial charge in [-0.2, -0.15) is 0 Å². The van der Waals surface area contributed by atoms with E-state index >= 15 is 0 Å². The molecule has 0 heterocycles. The molecule has 136 valence electrons. The number of nitrogens with zero attached hydrogens (tertiary/aromatic N) is 1. The normalized spacial score (nSPS) is 12.2. The predicted molar refractivity (Wildman–Crippen MR) is 110 cm³/mol. The molecule has 3 aromatic carbocycles. The van der Waals surface area contributed by atoms with Crippen molar-refractivity contribution in [1.82, 2.24) is 0 Å². The molecule has 0 aliphatic carbocycles. The summed E-state index contributed by atoms with van der Waals surface area (Å²) < 4.78 is 5.05. The Kier molecular flexibility index (Phi) is 5.89. The number of halogens is 1. The van der Waals surface area contributed by atoms with Crippen molar-refractivity contribution in [1.29, 1.82) is 0 Å². The van der Waals surface area contributed by atoms with E-state index in [1.807, 2.05) is 42.5 Å². The summed E-state index contributed by atoms with van der Waals surface area (Å²) in [5.41, 5.74) is 0.938. The Balaban J connectivity index is 2.02. The van der Waals surface area contributed by atoms with Gasteiger partial charge < -0.3 is 9.84 Å². The van der Waals surface area contributed by atoms with E-state index in [4.69, 9.17) is 16.3 Å². The number of fused-ring (bicyclic) bond motifs is 1. The SMILES string of the molecule is CCOC(=O)C(C=Nc1ccc2ccccc2c1)=C(O)c1ccccc1Cl. The van der Waals surface area contributed by atoms with Crippen LogP contribution in [0.2, 0.25) is 5.02 Å². The lowest BCUT2D eigenvalue weighted by atomic mass is 10.1. The molecule has 1 N–H and O–H groups in total. The van der Waals surface area contributed by atoms with Crippen LogP contribution in [0, 0.1) is 0 Å². The number of ether oxygens (including phenoxy) is 1. The van der Waals surface area contributed by atoms with Crippen LogP contribution < -0.4 is 0 Å². The fourth-order valence-electron chi connectivity index (χ4n) is 2.61. The lowest BCUT2D eigenvalue weighted by molar-refractivity contribution is -0.137. The molecule has 4 nitrogen and oxygen atoms in total. The van der Waals surface area contributed by atoms with Gasteiger partial charge in [0.1, 0.15) is 11.3 Å². The third-order valence-electron chi connectivity index (χ3n) is 3.96. The largest absolute Gasteiger partial charge is 0.506 e. The van der Waals surface area contributed by atoms with Crippen LogP contribution in [0.5, 0.6) is 0 Å². The minimum atomic E-state index is -0.667. The van der Waals surface area contributed by atoms with Gasteiger partial charge in [0.05, 0.1) is 17.3 Å². The number of esters is 1. The van der Waals surface area contributed by atoms with Gasteiger partial charge in [-0.1, -0.05) is 54.1 Å². The second kappa shape index (κ2) is 8.52. The summed E-state index contributed by atoms with van der Waals surface area (Å²) in [6.45, 7) is 1.88. The Morgan fingerprint density at radius 1 is 1.07 bits per heavy atom. The van der Waals surface area contributed by atoms with E-state index in [9.17, 15) is 9.90 Å². The maximum Gasteiger partial charge on any atom is 0.343 e. The molecular weight excluding hydrogens is 362 g/mol. The van der Waals surface area contributed by atoms with Gasteiger partial charge in [0.25, 0.3) is 0 Å². The van der Waals surface area contributed by atoms with Crippen molar-refractivity contribution in [2.45, 2.75) is 6.92 Å². The summed E-state index contributed by atoms with van der Waals surface area (Å²) in [5.74, 6) is -0.942. The van der Waals surface area contributed by atoms with Crippen molar-refractivity contribution < 1.29 is 14.6 Å². The summed E-state index contributed by atoms with van der Waals surface area (Å²) in [6.07, 6.45) is 1.31. The summed E-state index contributed by atoms with van der Waals surface area (Å²) in [4.78, 5) is 16.7. The Morgan fingerprint density at radius 2 is 1.78 bits per heavy atom. The fourth-order valence-corrected chi connectivity index (χ4v) is 2.84. The lowest BCUT2D eigenvalue weighted by Crippen LogP contribution is -2.11. The highest BCUT2D eigenvalue weighted by Crippen LogP contribution is 2.25. The molecule has 0 bridgehead atoms. The average Bonchev–Trinajstić information content (AvgIpc) is 2.68. The highest BCUT2D eigenvalue weighted by molar-refractivity contribution is 6.32. The van der Waals surface area contributed by atoms with Gasteiger partial charge in [-0.25, -0.2) is 4.79 Å². The van der Waals surface area contributed by atoms with Crippen LogP contribution in [-0.2, 0) is 9.53 Å². The first kappa shape index (κ1) is 18.7. The fraction of sp³-hybridized carbons (Fsp3) is 0.0909. The minimum absolute atomic E-state index is 0.0573. The van der Waals surface area contributed by atoms with Crippen molar-refractivity contribution in [2.75, 3.05) is 6.61 Å². The summed E-state index contributed by atoms with van der Waals surface area (Å²) in [7, 11) is 0. The Labute approximate surface area is 162 Å². The molecule has 0 saturated heterocycles. The Bertz CT molecular complexity index is 1040. The lowest BCUT2D eigenvalue weighted by Gasteiger charge is -2.08. The number of aliphatic hydroxyl groups excluding tert-OH is 1. The number of aliphatic hydroxyl groups is 1. The summed E-state index contributed by atoms with van der Waals surface area (Å²) in [5, 5.41) is 13.1. The molecule has 0 unspecified atom stereocenters. The maximum atomic E-state index is 12.3. The molecule has 0 aliphatic rings. The quantitative estimate of drug-likeness (QED) is 0.266. The molecule has 0 spiro atoms. The van der Waals surface area contributed by atoms with E-state index in [-0.39, 0.29) is 17.9 Å². The number of rotatable bonds is 5. The number of hydrogen-bond acceptors (Lipinski definition) is 4. The van der Waals surface area contributed by atoms with E-state index in [1.54, 1.807) is 31.2 Å². The van der Waals surface area contributed by atoms with Crippen molar-refractivity contribution in [3.8, 4) is 0 Å². The van der Waals surface area contributed by atoms with Crippen LogP contribution in [-0.4, -0.2) is 23.9 Å². The molecule has 0 aliphatic heterocycles. The molecule has 5 heteroatoms. The topological polar surface area (TPSA) is 58.9 Å². The number of aliphatic imine (C=N–C) groups is 1. The van der Waals surface area contributed by atoms with E-state index in [0.717, 1.165) is 10.8 Å². The standard InChI is InChI=1S/C22H18ClNO3/c1-2-27-22(26)19(21(25)18-9-5-6-10-20(18)23)14-24-17-12-11-15-7-3-4-8-16(15)13-17/h3-14,25H,2H2,1H3. The first-order chi connectivity index (χ1) is 13.1. The number of carbonyl (C=O) groups excluding carboxylic acids is 1. The van der Waals surface area contributed by atoms with Crippen LogP contribution in [0.3, 0.4) is 0 Å². The minimum Gasteiger partial charge on any atom is -0.506 e. The number of benzene rings is 3. The first-order valence-corrected chi connectivity index (χ1v) is 8.86. The van der Waals surface area contributed by atoms with E-state index in [0.29, 0.717) is 16.3 Å². The van der Waals surface area contributed by atoms with Crippen molar-refractivity contribution in [3.63, 3.8) is 0 Å². The summed E-state index contributed by atoms with van der Waals surface area (Å²) in [6, 6.07) is 20.3. The highest BCUT2D eigenvalue weighted by atomic mass is 35.5. The zero-order valence-electron chi connectivity index (χ0n) is 14.7. The van der Waals surface area contributed by atoms with Crippen LogP contribution >= 0.6 is 11.6 Å². The molecule has 0 radical (unpaired) electrons. The van der Waals surface area contributed by atoms with Gasteiger partial charge >= 0.3 is 5.97 Å². The predicted octanol–water partition coefficient (Wildman–Crippen LogP) is 5.73. The van der Waals surface area contributed by atoms with Crippen LogP contribution in [0.4, 0.5) is 5.69 Å². The zero-order valence-corrected chi connectivity index (χ0v) is 15.5. The molecule has 0 saturated carbocycles. The smallest absolute Gasteiger partial charge is 0.343 e. The van der Waals surface area contributed by atoms with Crippen molar-refractivity contribution in [3.05, 3.63) is 82.9 Å². The average molecular weight is 380 g/mol. The molecule has 0 atom stereocenters. The molecule has 3 aromatic rings. The zero-order chi connectivity index (χ0) is 19.2. The van der Waals surface area contributed by atoms with E-state index in [2.05, 4.69) is 4.99 Å². The van der Waals surface area contributed by atoms with Crippen molar-refractivity contribution in [2.24, 2.45) is 4.99 Å². The van der Waals surface area contributed by atoms with Gasteiger partial charge in [0.15, 0.2) is 0 Å². The van der Waals surface area contributed by atoms with Crippen LogP contribution in [0.15, 0.2) is 77.3 Å². The van der Waals surface area contributed by atoms with Crippen LogP contribution in [0.25, 0.3) is 16.5 Å². The monoisotopic (exact) mass is 379 g/mol. The molecule has 0 aromatic heterocycles. The third kappa shape index (κ3) is 4.36. The number of carbonyl (C=O) groups is 1. The third-order valence-corrected chi connectivity index (χ3v) is 4.28. The summed E-state index contributed by atoms with van der Waals surface area (Å²) >= 11 is 6.14.